The Hall–Kier alpha value is -1.10. The molecule has 1 saturated heterocycles. The molecular formula is C24H40O8. The zero-order valence-corrected chi connectivity index (χ0v) is 19.3. The number of ether oxygens (including phenoxy) is 8. The predicted octanol–water partition coefficient (Wildman–Crippen LogP) is 2.83. The maximum atomic E-state index is 5.59. The van der Waals surface area contributed by atoms with E-state index in [1.54, 1.807) is 0 Å². The van der Waals surface area contributed by atoms with Crippen molar-refractivity contribution < 1.29 is 37.9 Å². The summed E-state index contributed by atoms with van der Waals surface area (Å²) in [6.07, 6.45) is 3.23. The van der Waals surface area contributed by atoms with E-state index >= 15 is 0 Å². The Morgan fingerprint density at radius 3 is 1.59 bits per heavy atom. The maximum absolute atomic E-state index is 5.59. The summed E-state index contributed by atoms with van der Waals surface area (Å²) in [5.74, 6) is 0. The van der Waals surface area contributed by atoms with Crippen molar-refractivity contribution in [3.05, 3.63) is 35.9 Å². The van der Waals surface area contributed by atoms with E-state index in [2.05, 4.69) is 0 Å². The Kier molecular flexibility index (Phi) is 17.4. The van der Waals surface area contributed by atoms with Crippen LogP contribution in [0.15, 0.2) is 30.3 Å². The molecule has 1 aliphatic rings. The van der Waals surface area contributed by atoms with Gasteiger partial charge < -0.3 is 37.9 Å². The van der Waals surface area contributed by atoms with Gasteiger partial charge in [-0.1, -0.05) is 30.3 Å². The van der Waals surface area contributed by atoms with Crippen LogP contribution in [0.2, 0.25) is 0 Å². The second-order valence-electron chi connectivity index (χ2n) is 7.27. The first kappa shape index (κ1) is 27.1. The highest BCUT2D eigenvalue weighted by atomic mass is 16.7. The highest BCUT2D eigenvalue weighted by molar-refractivity contribution is 5.13. The lowest BCUT2D eigenvalue weighted by Gasteiger charge is -2.22. The Morgan fingerprint density at radius 1 is 0.594 bits per heavy atom. The number of hydrogen-bond donors (Lipinski definition) is 0. The van der Waals surface area contributed by atoms with Gasteiger partial charge in [0.2, 0.25) is 0 Å². The number of benzene rings is 1. The first-order valence-electron chi connectivity index (χ1n) is 11.7. The molecule has 1 unspecified atom stereocenters. The summed E-state index contributed by atoms with van der Waals surface area (Å²) >= 11 is 0. The summed E-state index contributed by atoms with van der Waals surface area (Å²) in [6, 6.07) is 10.1. The van der Waals surface area contributed by atoms with Gasteiger partial charge in [-0.2, -0.15) is 0 Å². The van der Waals surface area contributed by atoms with Gasteiger partial charge in [-0.3, -0.25) is 0 Å². The molecular weight excluding hydrogens is 416 g/mol. The van der Waals surface area contributed by atoms with Crippen LogP contribution in [0, 0.1) is 0 Å². The lowest BCUT2D eigenvalue weighted by Crippen LogP contribution is -2.24. The molecule has 1 heterocycles. The predicted molar refractivity (Wildman–Crippen MR) is 120 cm³/mol. The summed E-state index contributed by atoms with van der Waals surface area (Å²) in [6.45, 7) is 8.04. The molecule has 32 heavy (non-hydrogen) atoms. The molecule has 1 atom stereocenters. The van der Waals surface area contributed by atoms with Crippen molar-refractivity contribution in [1.82, 2.24) is 0 Å². The molecule has 0 amide bonds. The molecule has 0 saturated carbocycles. The molecule has 0 spiro atoms. The summed E-state index contributed by atoms with van der Waals surface area (Å²) in [5.41, 5.74) is 1.17. The largest absolute Gasteiger partial charge is 0.377 e. The maximum Gasteiger partial charge on any atom is 0.157 e. The SMILES string of the molecule is c1ccc(COCCOCCOCCOCCOCCOCCOC2CCCCO2)cc1. The first-order chi connectivity index (χ1) is 15.9. The van der Waals surface area contributed by atoms with E-state index in [-0.39, 0.29) is 6.29 Å². The normalized spacial score (nSPS) is 16.4. The standard InChI is InChI=1S/C24H40O8/c1-2-6-23(7-3-1)22-30-19-18-28-15-14-26-11-10-25-12-13-27-16-17-29-20-21-32-24-8-4-5-9-31-24/h1-3,6-7,24H,4-5,8-22H2. The van der Waals surface area contributed by atoms with Crippen LogP contribution >= 0.6 is 0 Å². The molecule has 1 fully saturated rings. The van der Waals surface area contributed by atoms with E-state index in [1.165, 1.54) is 12.0 Å². The van der Waals surface area contributed by atoms with Crippen molar-refractivity contribution in [1.29, 1.82) is 0 Å². The monoisotopic (exact) mass is 456 g/mol. The molecule has 1 aromatic carbocycles. The van der Waals surface area contributed by atoms with Gasteiger partial charge in [-0.25, -0.2) is 0 Å². The van der Waals surface area contributed by atoms with Crippen molar-refractivity contribution in [2.75, 3.05) is 85.9 Å². The van der Waals surface area contributed by atoms with Crippen molar-refractivity contribution in [3.8, 4) is 0 Å². The lowest BCUT2D eigenvalue weighted by atomic mass is 10.2. The highest BCUT2D eigenvalue weighted by Crippen LogP contribution is 2.13. The van der Waals surface area contributed by atoms with E-state index in [0.29, 0.717) is 85.9 Å². The van der Waals surface area contributed by atoms with Crippen LogP contribution in [-0.2, 0) is 44.5 Å². The van der Waals surface area contributed by atoms with Crippen LogP contribution in [-0.4, -0.2) is 92.2 Å². The molecule has 1 aromatic rings. The molecule has 0 bridgehead atoms. The Bertz CT molecular complexity index is 510. The molecule has 0 radical (unpaired) electrons. The van der Waals surface area contributed by atoms with Crippen LogP contribution in [0.1, 0.15) is 24.8 Å². The molecule has 2 rings (SSSR count). The third kappa shape index (κ3) is 15.7. The van der Waals surface area contributed by atoms with Gasteiger partial charge in [0.25, 0.3) is 0 Å². The molecule has 8 heteroatoms. The van der Waals surface area contributed by atoms with E-state index in [0.717, 1.165) is 19.4 Å². The van der Waals surface area contributed by atoms with Crippen LogP contribution in [0.4, 0.5) is 0 Å². The third-order valence-corrected chi connectivity index (χ3v) is 4.64. The zero-order chi connectivity index (χ0) is 22.4. The van der Waals surface area contributed by atoms with E-state index in [1.807, 2.05) is 30.3 Å². The van der Waals surface area contributed by atoms with Gasteiger partial charge >= 0.3 is 0 Å². The van der Waals surface area contributed by atoms with Crippen LogP contribution in [0.5, 0.6) is 0 Å². The lowest BCUT2D eigenvalue weighted by molar-refractivity contribution is -0.169. The summed E-state index contributed by atoms with van der Waals surface area (Å²) in [5, 5.41) is 0. The van der Waals surface area contributed by atoms with Crippen molar-refractivity contribution in [2.24, 2.45) is 0 Å². The Balaban J connectivity index is 1.19. The van der Waals surface area contributed by atoms with Crippen molar-refractivity contribution in [2.45, 2.75) is 32.2 Å². The van der Waals surface area contributed by atoms with Gasteiger partial charge in [0.15, 0.2) is 6.29 Å². The molecule has 0 N–H and O–H groups in total. The summed E-state index contributed by atoms with van der Waals surface area (Å²) in [7, 11) is 0. The smallest absolute Gasteiger partial charge is 0.157 e. The van der Waals surface area contributed by atoms with E-state index in [4.69, 9.17) is 37.9 Å². The van der Waals surface area contributed by atoms with Crippen molar-refractivity contribution in [3.63, 3.8) is 0 Å². The van der Waals surface area contributed by atoms with Crippen LogP contribution in [0.25, 0.3) is 0 Å². The molecule has 1 aliphatic heterocycles. The highest BCUT2D eigenvalue weighted by Gasteiger charge is 2.13. The van der Waals surface area contributed by atoms with Crippen LogP contribution < -0.4 is 0 Å². The topological polar surface area (TPSA) is 73.8 Å². The average molecular weight is 457 g/mol. The first-order valence-corrected chi connectivity index (χ1v) is 11.7. The number of hydrogen-bond acceptors (Lipinski definition) is 8. The van der Waals surface area contributed by atoms with E-state index in [9.17, 15) is 0 Å². The van der Waals surface area contributed by atoms with Crippen LogP contribution in [0.3, 0.4) is 0 Å². The summed E-state index contributed by atoms with van der Waals surface area (Å²) in [4.78, 5) is 0. The van der Waals surface area contributed by atoms with Gasteiger partial charge in [-0.15, -0.1) is 0 Å². The van der Waals surface area contributed by atoms with Gasteiger partial charge in [-0.05, 0) is 24.8 Å². The van der Waals surface area contributed by atoms with Gasteiger partial charge in [0.05, 0.1) is 85.9 Å². The van der Waals surface area contributed by atoms with Crippen molar-refractivity contribution >= 4 is 0 Å². The third-order valence-electron chi connectivity index (χ3n) is 4.64. The molecule has 0 aliphatic carbocycles. The molecule has 8 nitrogen and oxygen atoms in total. The fourth-order valence-corrected chi connectivity index (χ4v) is 2.94. The van der Waals surface area contributed by atoms with Gasteiger partial charge in [0.1, 0.15) is 0 Å². The molecule has 184 valence electrons. The second-order valence-corrected chi connectivity index (χ2v) is 7.27. The fourth-order valence-electron chi connectivity index (χ4n) is 2.94. The fraction of sp³-hybridized carbons (Fsp3) is 0.750. The minimum Gasteiger partial charge on any atom is -0.377 e. The minimum atomic E-state index is -0.0537. The Morgan fingerprint density at radius 2 is 1.09 bits per heavy atom. The minimum absolute atomic E-state index is 0.0537. The summed E-state index contributed by atoms with van der Waals surface area (Å²) < 4.78 is 44.0. The number of rotatable bonds is 21. The van der Waals surface area contributed by atoms with E-state index < -0.39 is 0 Å². The Labute approximate surface area is 192 Å². The molecule has 0 aromatic heterocycles. The average Bonchev–Trinajstić information content (AvgIpc) is 2.84. The van der Waals surface area contributed by atoms with Gasteiger partial charge in [0, 0.05) is 6.61 Å². The quantitative estimate of drug-likeness (QED) is 0.262. The second kappa shape index (κ2) is 20.5. The zero-order valence-electron chi connectivity index (χ0n) is 19.3.